The fraction of sp³-hybridized carbons (Fsp3) is 0.125. The van der Waals surface area contributed by atoms with Gasteiger partial charge in [0.05, 0.1) is 22.4 Å². The van der Waals surface area contributed by atoms with Crippen molar-refractivity contribution in [2.75, 3.05) is 0 Å². The minimum Gasteiger partial charge on any atom is -0.487 e. The molecule has 0 atom stereocenters. The van der Waals surface area contributed by atoms with E-state index in [0.29, 0.717) is 11.6 Å². The molecule has 3 nitrogen and oxygen atoms in total. The molecule has 2 aromatic carbocycles. The van der Waals surface area contributed by atoms with Gasteiger partial charge < -0.3 is 4.74 Å². The van der Waals surface area contributed by atoms with Crippen molar-refractivity contribution in [2.24, 2.45) is 0 Å². The maximum atomic E-state index is 5.84. The first kappa shape index (κ1) is 12.9. The molecular formula is C16H13ClN2O. The number of ether oxygens (including phenoxy) is 1. The fourth-order valence-electron chi connectivity index (χ4n) is 1.94. The Bertz CT molecular complexity index is 741. The average Bonchev–Trinajstić information content (AvgIpc) is 2.47. The standard InChI is InChI=1S/C16H13ClN2O/c1-11-16(10-20-13-8-6-12(17)7-9-13)19-15-5-3-2-4-14(15)18-11/h2-9H,10H2,1H3. The van der Waals surface area contributed by atoms with Crippen molar-refractivity contribution in [1.82, 2.24) is 9.97 Å². The van der Waals surface area contributed by atoms with Crippen molar-refractivity contribution in [3.63, 3.8) is 0 Å². The molecule has 0 saturated carbocycles. The Morgan fingerprint density at radius 1 is 0.950 bits per heavy atom. The van der Waals surface area contributed by atoms with Gasteiger partial charge in [-0.2, -0.15) is 0 Å². The Hall–Kier alpha value is -2.13. The number of hydrogen-bond acceptors (Lipinski definition) is 3. The predicted octanol–water partition coefficient (Wildman–Crippen LogP) is 4.17. The summed E-state index contributed by atoms with van der Waals surface area (Å²) in [4.78, 5) is 9.13. The van der Waals surface area contributed by atoms with Crippen LogP contribution >= 0.6 is 11.6 Å². The second-order valence-corrected chi connectivity index (χ2v) is 4.92. The molecule has 4 heteroatoms. The second-order valence-electron chi connectivity index (χ2n) is 4.49. The van der Waals surface area contributed by atoms with Gasteiger partial charge in [-0.15, -0.1) is 0 Å². The van der Waals surface area contributed by atoms with E-state index < -0.39 is 0 Å². The molecule has 0 fully saturated rings. The van der Waals surface area contributed by atoms with Crippen LogP contribution in [-0.4, -0.2) is 9.97 Å². The topological polar surface area (TPSA) is 35.0 Å². The smallest absolute Gasteiger partial charge is 0.132 e. The SMILES string of the molecule is Cc1nc2ccccc2nc1COc1ccc(Cl)cc1. The summed E-state index contributed by atoms with van der Waals surface area (Å²) in [6.07, 6.45) is 0. The summed E-state index contributed by atoms with van der Waals surface area (Å²) in [6.45, 7) is 2.34. The van der Waals surface area contributed by atoms with E-state index in [0.717, 1.165) is 28.2 Å². The molecule has 100 valence electrons. The summed E-state index contributed by atoms with van der Waals surface area (Å²) < 4.78 is 5.72. The Kier molecular flexibility index (Phi) is 3.52. The summed E-state index contributed by atoms with van der Waals surface area (Å²) in [5, 5.41) is 0.694. The summed E-state index contributed by atoms with van der Waals surface area (Å²) in [7, 11) is 0. The summed E-state index contributed by atoms with van der Waals surface area (Å²) in [6, 6.07) is 15.1. The van der Waals surface area contributed by atoms with Crippen LogP contribution in [0.1, 0.15) is 11.4 Å². The Labute approximate surface area is 122 Å². The lowest BCUT2D eigenvalue weighted by Gasteiger charge is -2.08. The van der Waals surface area contributed by atoms with E-state index in [4.69, 9.17) is 16.3 Å². The third-order valence-corrected chi connectivity index (χ3v) is 3.28. The molecular weight excluding hydrogens is 272 g/mol. The molecule has 0 bridgehead atoms. The zero-order valence-electron chi connectivity index (χ0n) is 11.0. The van der Waals surface area contributed by atoms with Crippen molar-refractivity contribution in [3.05, 3.63) is 64.9 Å². The number of aryl methyl sites for hydroxylation is 1. The number of halogens is 1. The van der Waals surface area contributed by atoms with Gasteiger partial charge in [-0.25, -0.2) is 9.97 Å². The van der Waals surface area contributed by atoms with E-state index in [-0.39, 0.29) is 0 Å². The molecule has 0 amide bonds. The van der Waals surface area contributed by atoms with Gasteiger partial charge >= 0.3 is 0 Å². The fourth-order valence-corrected chi connectivity index (χ4v) is 2.07. The minimum atomic E-state index is 0.394. The minimum absolute atomic E-state index is 0.394. The van der Waals surface area contributed by atoms with Crippen LogP contribution in [0.5, 0.6) is 5.75 Å². The van der Waals surface area contributed by atoms with Gasteiger partial charge in [0.25, 0.3) is 0 Å². The maximum absolute atomic E-state index is 5.84. The van der Waals surface area contributed by atoms with Crippen molar-refractivity contribution in [1.29, 1.82) is 0 Å². The monoisotopic (exact) mass is 284 g/mol. The highest BCUT2D eigenvalue weighted by Crippen LogP contribution is 2.18. The predicted molar refractivity (Wildman–Crippen MR) is 80.1 cm³/mol. The van der Waals surface area contributed by atoms with Crippen LogP contribution in [0.2, 0.25) is 5.02 Å². The molecule has 0 spiro atoms. The number of hydrogen-bond donors (Lipinski definition) is 0. The molecule has 0 aliphatic heterocycles. The quantitative estimate of drug-likeness (QED) is 0.724. The molecule has 3 rings (SSSR count). The highest BCUT2D eigenvalue weighted by Gasteiger charge is 2.05. The Morgan fingerprint density at radius 2 is 1.60 bits per heavy atom. The first-order chi connectivity index (χ1) is 9.72. The molecule has 3 aromatic rings. The molecule has 1 heterocycles. The van der Waals surface area contributed by atoms with Crippen LogP contribution in [0.4, 0.5) is 0 Å². The van der Waals surface area contributed by atoms with Crippen molar-refractivity contribution in [2.45, 2.75) is 13.5 Å². The zero-order valence-corrected chi connectivity index (χ0v) is 11.8. The van der Waals surface area contributed by atoms with Gasteiger partial charge in [-0.3, -0.25) is 0 Å². The molecule has 0 aliphatic rings. The maximum Gasteiger partial charge on any atom is 0.132 e. The molecule has 0 aliphatic carbocycles. The summed E-state index contributed by atoms with van der Waals surface area (Å²) in [5.74, 6) is 0.767. The van der Waals surface area contributed by atoms with E-state index in [9.17, 15) is 0 Å². The third-order valence-electron chi connectivity index (χ3n) is 3.03. The van der Waals surface area contributed by atoms with Crippen LogP contribution in [0.15, 0.2) is 48.5 Å². The number of benzene rings is 2. The molecule has 1 aromatic heterocycles. The van der Waals surface area contributed by atoms with E-state index in [1.54, 1.807) is 12.1 Å². The van der Waals surface area contributed by atoms with Gasteiger partial charge in [0.1, 0.15) is 12.4 Å². The van der Waals surface area contributed by atoms with Crippen LogP contribution in [-0.2, 0) is 6.61 Å². The van der Waals surface area contributed by atoms with Crippen molar-refractivity contribution >= 4 is 22.6 Å². The number of para-hydroxylation sites is 2. The van der Waals surface area contributed by atoms with Crippen molar-refractivity contribution in [3.8, 4) is 5.75 Å². The summed E-state index contributed by atoms with van der Waals surface area (Å²) >= 11 is 5.84. The summed E-state index contributed by atoms with van der Waals surface area (Å²) in [5.41, 5.74) is 3.52. The van der Waals surface area contributed by atoms with Crippen LogP contribution < -0.4 is 4.74 Å². The molecule has 0 unspecified atom stereocenters. The Morgan fingerprint density at radius 3 is 2.30 bits per heavy atom. The lowest BCUT2D eigenvalue weighted by Crippen LogP contribution is -2.03. The molecule has 0 N–H and O–H groups in total. The van der Waals surface area contributed by atoms with E-state index in [2.05, 4.69) is 9.97 Å². The number of rotatable bonds is 3. The van der Waals surface area contributed by atoms with Gasteiger partial charge in [0, 0.05) is 5.02 Å². The average molecular weight is 285 g/mol. The van der Waals surface area contributed by atoms with Crippen LogP contribution in [0.3, 0.4) is 0 Å². The third kappa shape index (κ3) is 2.73. The highest BCUT2D eigenvalue weighted by molar-refractivity contribution is 6.30. The van der Waals surface area contributed by atoms with Gasteiger partial charge in [0.2, 0.25) is 0 Å². The lowest BCUT2D eigenvalue weighted by molar-refractivity contribution is 0.300. The Balaban J connectivity index is 1.83. The van der Waals surface area contributed by atoms with Gasteiger partial charge in [-0.1, -0.05) is 23.7 Å². The number of fused-ring (bicyclic) bond motifs is 1. The number of aromatic nitrogens is 2. The normalized spacial score (nSPS) is 10.7. The van der Waals surface area contributed by atoms with E-state index >= 15 is 0 Å². The van der Waals surface area contributed by atoms with Crippen LogP contribution in [0.25, 0.3) is 11.0 Å². The van der Waals surface area contributed by atoms with E-state index in [1.807, 2.05) is 43.3 Å². The molecule has 0 saturated heterocycles. The molecule has 0 radical (unpaired) electrons. The highest BCUT2D eigenvalue weighted by atomic mass is 35.5. The van der Waals surface area contributed by atoms with Gasteiger partial charge in [0.15, 0.2) is 0 Å². The second kappa shape index (κ2) is 5.47. The van der Waals surface area contributed by atoms with E-state index in [1.165, 1.54) is 0 Å². The largest absolute Gasteiger partial charge is 0.487 e. The molecule has 20 heavy (non-hydrogen) atoms. The first-order valence-electron chi connectivity index (χ1n) is 6.33. The van der Waals surface area contributed by atoms with Crippen molar-refractivity contribution < 1.29 is 4.74 Å². The van der Waals surface area contributed by atoms with Gasteiger partial charge in [-0.05, 0) is 43.3 Å². The van der Waals surface area contributed by atoms with Crippen LogP contribution in [0, 0.1) is 6.92 Å². The number of nitrogens with zero attached hydrogens (tertiary/aromatic N) is 2. The lowest BCUT2D eigenvalue weighted by atomic mass is 10.2. The first-order valence-corrected chi connectivity index (χ1v) is 6.71. The zero-order chi connectivity index (χ0) is 13.9.